The van der Waals surface area contributed by atoms with Gasteiger partial charge in [-0.05, 0) is 30.2 Å². The summed E-state index contributed by atoms with van der Waals surface area (Å²) >= 11 is 0. The van der Waals surface area contributed by atoms with Crippen LogP contribution in [0.25, 0.3) is 0 Å². The van der Waals surface area contributed by atoms with Crippen molar-refractivity contribution >= 4 is 5.69 Å². The van der Waals surface area contributed by atoms with Gasteiger partial charge in [-0.3, -0.25) is 0 Å². The molecule has 0 aliphatic rings. The van der Waals surface area contributed by atoms with Gasteiger partial charge in [-0.2, -0.15) is 13.2 Å². The van der Waals surface area contributed by atoms with E-state index < -0.39 is 11.7 Å². The van der Waals surface area contributed by atoms with Gasteiger partial charge >= 0.3 is 6.18 Å². The number of hydrogen-bond acceptors (Lipinski definition) is 1. The molecule has 1 aromatic carbocycles. The maximum atomic E-state index is 12.3. The zero-order valence-electron chi connectivity index (χ0n) is 10.1. The van der Waals surface area contributed by atoms with Crippen molar-refractivity contribution in [1.82, 2.24) is 0 Å². The highest BCUT2D eigenvalue weighted by molar-refractivity contribution is 5.45. The van der Waals surface area contributed by atoms with Crippen LogP contribution in [0.2, 0.25) is 0 Å². The van der Waals surface area contributed by atoms with E-state index in [9.17, 15) is 13.2 Å². The van der Waals surface area contributed by atoms with Crippen LogP contribution in [-0.4, -0.2) is 6.54 Å². The Labute approximate surface area is 100 Å². The molecule has 0 aromatic heterocycles. The first-order valence-electron chi connectivity index (χ1n) is 5.88. The van der Waals surface area contributed by atoms with Crippen LogP contribution in [0.3, 0.4) is 0 Å². The summed E-state index contributed by atoms with van der Waals surface area (Å²) in [7, 11) is 0. The fraction of sp³-hybridized carbons (Fsp3) is 0.538. The van der Waals surface area contributed by atoms with Crippen LogP contribution in [0.5, 0.6) is 0 Å². The smallest absolute Gasteiger partial charge is 0.385 e. The maximum absolute atomic E-state index is 12.3. The highest BCUT2D eigenvalue weighted by atomic mass is 19.4. The Balaban J connectivity index is 2.57. The van der Waals surface area contributed by atoms with E-state index in [0.717, 1.165) is 37.2 Å². The molecule has 0 bridgehead atoms. The normalized spacial score (nSPS) is 11.9. The van der Waals surface area contributed by atoms with E-state index in [2.05, 4.69) is 19.2 Å². The Bertz CT molecular complexity index is 326. The molecule has 0 saturated heterocycles. The highest BCUT2D eigenvalue weighted by Crippen LogP contribution is 2.29. The van der Waals surface area contributed by atoms with E-state index in [4.69, 9.17) is 0 Å². The lowest BCUT2D eigenvalue weighted by atomic mass is 10.0. The van der Waals surface area contributed by atoms with Crippen LogP contribution in [0.4, 0.5) is 18.9 Å². The van der Waals surface area contributed by atoms with Gasteiger partial charge in [-0.1, -0.05) is 26.7 Å². The Kier molecular flexibility index (Phi) is 4.85. The lowest BCUT2D eigenvalue weighted by Gasteiger charge is -2.14. The molecule has 1 nitrogen and oxygen atoms in total. The minimum absolute atomic E-state index is 0.567. The van der Waals surface area contributed by atoms with Crippen LogP contribution < -0.4 is 5.32 Å². The molecule has 0 amide bonds. The fourth-order valence-corrected chi connectivity index (χ4v) is 1.62. The van der Waals surface area contributed by atoms with Gasteiger partial charge in [0, 0.05) is 12.2 Å². The van der Waals surface area contributed by atoms with Crippen molar-refractivity contribution in [1.29, 1.82) is 0 Å². The summed E-state index contributed by atoms with van der Waals surface area (Å²) in [6.07, 6.45) is -2.11. The van der Waals surface area contributed by atoms with Gasteiger partial charge in [0.1, 0.15) is 0 Å². The van der Waals surface area contributed by atoms with Gasteiger partial charge < -0.3 is 5.32 Å². The monoisotopic (exact) mass is 245 g/mol. The maximum Gasteiger partial charge on any atom is 0.416 e. The van der Waals surface area contributed by atoms with Gasteiger partial charge in [-0.15, -0.1) is 0 Å². The molecule has 1 rings (SSSR count). The molecule has 17 heavy (non-hydrogen) atoms. The number of anilines is 1. The van der Waals surface area contributed by atoms with Crippen molar-refractivity contribution in [3.63, 3.8) is 0 Å². The van der Waals surface area contributed by atoms with Crippen LogP contribution in [0.1, 0.15) is 32.3 Å². The first kappa shape index (κ1) is 13.9. The second kappa shape index (κ2) is 5.94. The van der Waals surface area contributed by atoms with E-state index in [0.29, 0.717) is 5.92 Å². The molecule has 96 valence electrons. The number of halogens is 3. The van der Waals surface area contributed by atoms with E-state index >= 15 is 0 Å². The van der Waals surface area contributed by atoms with Crippen molar-refractivity contribution in [3.05, 3.63) is 29.8 Å². The number of alkyl halides is 3. The quantitative estimate of drug-likeness (QED) is 0.802. The van der Waals surface area contributed by atoms with Crippen molar-refractivity contribution in [2.45, 2.75) is 32.9 Å². The predicted molar refractivity (Wildman–Crippen MR) is 64.0 cm³/mol. The summed E-state index contributed by atoms with van der Waals surface area (Å²) in [5.41, 5.74) is 0.135. The Morgan fingerprint density at radius 3 is 2.00 bits per heavy atom. The summed E-state index contributed by atoms with van der Waals surface area (Å²) in [4.78, 5) is 0. The first-order valence-corrected chi connectivity index (χ1v) is 5.88. The van der Waals surface area contributed by atoms with Crippen molar-refractivity contribution in [3.8, 4) is 0 Å². The van der Waals surface area contributed by atoms with Crippen LogP contribution in [-0.2, 0) is 6.18 Å². The minimum Gasteiger partial charge on any atom is -0.385 e. The Morgan fingerprint density at radius 1 is 1.06 bits per heavy atom. The standard InChI is InChI=1S/C13H18F3N/c1-3-10(4-2)9-17-12-7-5-11(6-8-12)13(14,15)16/h5-8,10,17H,3-4,9H2,1-2H3. The third-order valence-electron chi connectivity index (χ3n) is 2.96. The number of hydrogen-bond donors (Lipinski definition) is 1. The van der Waals surface area contributed by atoms with Crippen LogP contribution in [0, 0.1) is 5.92 Å². The molecule has 0 aliphatic carbocycles. The van der Waals surface area contributed by atoms with Gasteiger partial charge in [0.05, 0.1) is 5.56 Å². The van der Waals surface area contributed by atoms with Gasteiger partial charge in [0.25, 0.3) is 0 Å². The second-order valence-corrected chi connectivity index (χ2v) is 4.14. The predicted octanol–water partition coefficient (Wildman–Crippen LogP) is 4.55. The topological polar surface area (TPSA) is 12.0 Å². The molecule has 0 atom stereocenters. The molecular weight excluding hydrogens is 227 g/mol. The van der Waals surface area contributed by atoms with Gasteiger partial charge in [0.2, 0.25) is 0 Å². The molecule has 1 N–H and O–H groups in total. The molecule has 0 heterocycles. The molecule has 4 heteroatoms. The molecule has 0 spiro atoms. The lowest BCUT2D eigenvalue weighted by molar-refractivity contribution is -0.137. The zero-order chi connectivity index (χ0) is 12.9. The Morgan fingerprint density at radius 2 is 1.59 bits per heavy atom. The van der Waals surface area contributed by atoms with Crippen LogP contribution >= 0.6 is 0 Å². The third kappa shape index (κ3) is 4.29. The fourth-order valence-electron chi connectivity index (χ4n) is 1.62. The number of benzene rings is 1. The Hall–Kier alpha value is -1.19. The largest absolute Gasteiger partial charge is 0.416 e. The summed E-state index contributed by atoms with van der Waals surface area (Å²) in [5.74, 6) is 0.567. The van der Waals surface area contributed by atoms with Crippen molar-refractivity contribution < 1.29 is 13.2 Å². The average molecular weight is 245 g/mol. The van der Waals surface area contributed by atoms with Crippen molar-refractivity contribution in [2.75, 3.05) is 11.9 Å². The molecule has 0 fully saturated rings. The average Bonchev–Trinajstić information content (AvgIpc) is 2.30. The van der Waals surface area contributed by atoms with E-state index in [-0.39, 0.29) is 0 Å². The first-order chi connectivity index (χ1) is 7.97. The molecule has 0 aliphatic heterocycles. The van der Waals surface area contributed by atoms with Gasteiger partial charge in [-0.25, -0.2) is 0 Å². The highest BCUT2D eigenvalue weighted by Gasteiger charge is 2.29. The molecular formula is C13H18F3N. The molecule has 0 radical (unpaired) electrons. The summed E-state index contributed by atoms with van der Waals surface area (Å²) in [6.45, 7) is 5.03. The second-order valence-electron chi connectivity index (χ2n) is 4.14. The minimum atomic E-state index is -4.26. The molecule has 1 aromatic rings. The summed E-state index contributed by atoms with van der Waals surface area (Å²) < 4.78 is 37.0. The van der Waals surface area contributed by atoms with Crippen LogP contribution in [0.15, 0.2) is 24.3 Å². The third-order valence-corrected chi connectivity index (χ3v) is 2.96. The van der Waals surface area contributed by atoms with Crippen molar-refractivity contribution in [2.24, 2.45) is 5.92 Å². The van der Waals surface area contributed by atoms with E-state index in [1.54, 1.807) is 0 Å². The number of rotatable bonds is 5. The van der Waals surface area contributed by atoms with Gasteiger partial charge in [0.15, 0.2) is 0 Å². The zero-order valence-corrected chi connectivity index (χ0v) is 10.1. The van der Waals surface area contributed by atoms with E-state index in [1.807, 2.05) is 0 Å². The molecule has 0 saturated carbocycles. The summed E-state index contributed by atoms with van der Waals surface area (Å²) in [6, 6.07) is 5.17. The lowest BCUT2D eigenvalue weighted by Crippen LogP contribution is -2.13. The summed E-state index contributed by atoms with van der Waals surface area (Å²) in [5, 5.41) is 3.16. The van der Waals surface area contributed by atoms with E-state index in [1.165, 1.54) is 12.1 Å². The number of nitrogens with one attached hydrogen (secondary N) is 1. The SMILES string of the molecule is CCC(CC)CNc1ccc(C(F)(F)F)cc1. The molecule has 0 unspecified atom stereocenters.